The Bertz CT molecular complexity index is 1540. The maximum atomic E-state index is 13.3. The van der Waals surface area contributed by atoms with Gasteiger partial charge >= 0.3 is 5.69 Å². The smallest absolute Gasteiger partial charge is 0.333 e. The molecule has 0 unspecified atom stereocenters. The Morgan fingerprint density at radius 1 is 0.889 bits per heavy atom. The van der Waals surface area contributed by atoms with Crippen LogP contribution < -0.4 is 11.2 Å². The van der Waals surface area contributed by atoms with E-state index in [9.17, 15) is 24.3 Å². The van der Waals surface area contributed by atoms with Crippen LogP contribution in [0.1, 0.15) is 40.1 Å². The van der Waals surface area contributed by atoms with Crippen LogP contribution in [-0.4, -0.2) is 37.5 Å². The third-order valence-electron chi connectivity index (χ3n) is 5.73. The van der Waals surface area contributed by atoms with Crippen molar-refractivity contribution in [3.05, 3.63) is 73.9 Å². The van der Waals surface area contributed by atoms with Gasteiger partial charge in [0.05, 0.1) is 11.1 Å². The van der Waals surface area contributed by atoms with E-state index in [1.54, 1.807) is 12.1 Å². The lowest BCUT2D eigenvalue weighted by Crippen LogP contribution is -2.36. The molecule has 4 rings (SSSR count). The van der Waals surface area contributed by atoms with Crippen molar-refractivity contribution in [1.82, 2.24) is 14.0 Å². The number of aryl methyl sites for hydroxylation is 1. The van der Waals surface area contributed by atoms with E-state index >= 15 is 0 Å². The first-order chi connectivity index (χ1) is 17.0. The minimum Gasteiger partial charge on any atom is -0.493 e. The van der Waals surface area contributed by atoms with Gasteiger partial charge in [-0.25, -0.2) is 4.79 Å². The summed E-state index contributed by atoms with van der Waals surface area (Å²) >= 11 is 1.32. The zero-order valence-corrected chi connectivity index (χ0v) is 21.3. The van der Waals surface area contributed by atoms with Crippen molar-refractivity contribution in [2.75, 3.05) is 6.54 Å². The van der Waals surface area contributed by atoms with Gasteiger partial charge in [-0.15, -0.1) is 10.2 Å². The number of benzene rings is 2. The molecule has 36 heavy (non-hydrogen) atoms. The van der Waals surface area contributed by atoms with Crippen LogP contribution in [0.3, 0.4) is 0 Å². The highest BCUT2D eigenvalue weighted by atomic mass is 32.2. The van der Waals surface area contributed by atoms with E-state index in [0.717, 1.165) is 19.6 Å². The van der Waals surface area contributed by atoms with E-state index in [1.807, 2.05) is 45.0 Å². The normalized spacial score (nSPS) is 13.3. The number of fused-ring (bicyclic) bond motifs is 1. The van der Waals surface area contributed by atoms with Gasteiger partial charge in [0.2, 0.25) is 11.6 Å². The first-order valence-corrected chi connectivity index (χ1v) is 12.0. The average Bonchev–Trinajstić information content (AvgIpc) is 3.08. The largest absolute Gasteiger partial charge is 0.493 e. The number of aromatic hydroxyl groups is 1. The number of rotatable bonds is 6. The highest BCUT2D eigenvalue weighted by Crippen LogP contribution is 2.42. The first-order valence-electron chi connectivity index (χ1n) is 11.2. The fourth-order valence-corrected chi connectivity index (χ4v) is 4.69. The molecule has 1 aliphatic heterocycles. The van der Waals surface area contributed by atoms with Crippen LogP contribution in [0, 0.1) is 12.8 Å². The summed E-state index contributed by atoms with van der Waals surface area (Å²) in [4.78, 5) is 53.6. The van der Waals surface area contributed by atoms with Crippen molar-refractivity contribution in [2.24, 2.45) is 30.2 Å². The predicted molar refractivity (Wildman–Crippen MR) is 135 cm³/mol. The Kier molecular flexibility index (Phi) is 6.68. The summed E-state index contributed by atoms with van der Waals surface area (Å²) in [6, 6.07) is 11.0. The maximum absolute atomic E-state index is 13.3. The van der Waals surface area contributed by atoms with Crippen LogP contribution in [0.4, 0.5) is 11.4 Å². The number of hydrogen-bond donors (Lipinski definition) is 1. The number of azo groups is 1. The van der Waals surface area contributed by atoms with Gasteiger partial charge in [-0.05, 0) is 37.1 Å². The average molecular weight is 508 g/mol. The molecule has 0 aliphatic carbocycles. The molecule has 10 nitrogen and oxygen atoms in total. The predicted octanol–water partition coefficient (Wildman–Crippen LogP) is 3.92. The fraction of sp³-hybridized carbons (Fsp3) is 0.280. The molecule has 11 heteroatoms. The van der Waals surface area contributed by atoms with E-state index in [-0.39, 0.29) is 29.3 Å². The zero-order chi connectivity index (χ0) is 26.3. The molecule has 186 valence electrons. The quantitative estimate of drug-likeness (QED) is 0.398. The van der Waals surface area contributed by atoms with Crippen LogP contribution >= 0.6 is 11.8 Å². The van der Waals surface area contributed by atoms with Crippen molar-refractivity contribution in [3.63, 3.8) is 0 Å². The molecule has 0 saturated heterocycles. The fourth-order valence-electron chi connectivity index (χ4n) is 3.79. The van der Waals surface area contributed by atoms with E-state index in [1.165, 1.54) is 30.8 Å². The van der Waals surface area contributed by atoms with Crippen molar-refractivity contribution in [1.29, 1.82) is 0 Å². The molecule has 2 amide bonds. The monoisotopic (exact) mass is 507 g/mol. The van der Waals surface area contributed by atoms with Gasteiger partial charge in [-0.1, -0.05) is 43.3 Å². The topological polar surface area (TPSA) is 126 Å². The Morgan fingerprint density at radius 2 is 1.53 bits per heavy atom. The molecule has 0 radical (unpaired) electrons. The summed E-state index contributed by atoms with van der Waals surface area (Å²) in [5, 5.41) is 18.6. The molecular formula is C25H25N5O5S. The van der Waals surface area contributed by atoms with E-state index in [2.05, 4.69) is 10.2 Å². The van der Waals surface area contributed by atoms with Gasteiger partial charge in [0.15, 0.2) is 0 Å². The standard InChI is InChI=1S/C25H25N5O5S/c1-13(2)12-30-21(31)16-10-11-17(36-15-8-6-14(3)7-9-15)19(18(16)22(30)32)26-27-20-23(33)28(4)25(35)29(5)24(20)34/h6-11,13,33H,12H2,1-5H3. The van der Waals surface area contributed by atoms with Crippen molar-refractivity contribution < 1.29 is 14.7 Å². The number of nitrogens with zero attached hydrogens (tertiary/aromatic N) is 5. The van der Waals surface area contributed by atoms with Crippen LogP contribution in [0.15, 0.2) is 66.0 Å². The van der Waals surface area contributed by atoms with E-state index in [0.29, 0.717) is 4.90 Å². The highest BCUT2D eigenvalue weighted by Gasteiger charge is 2.39. The Balaban J connectivity index is 1.90. The number of hydrogen-bond acceptors (Lipinski definition) is 8. The van der Waals surface area contributed by atoms with Gasteiger partial charge < -0.3 is 5.11 Å². The second-order valence-corrected chi connectivity index (χ2v) is 10.1. The van der Waals surface area contributed by atoms with Crippen molar-refractivity contribution in [2.45, 2.75) is 30.6 Å². The third kappa shape index (κ3) is 4.37. The summed E-state index contributed by atoms with van der Waals surface area (Å²) < 4.78 is 1.66. The number of carbonyl (C=O) groups excluding carboxylic acids is 2. The summed E-state index contributed by atoms with van der Waals surface area (Å²) in [5.41, 5.74) is -0.555. The van der Waals surface area contributed by atoms with Crippen molar-refractivity contribution >= 4 is 35.0 Å². The molecule has 0 spiro atoms. The summed E-state index contributed by atoms with van der Waals surface area (Å²) in [6.45, 7) is 6.02. The summed E-state index contributed by atoms with van der Waals surface area (Å²) in [5.74, 6) is -1.52. The lowest BCUT2D eigenvalue weighted by atomic mass is 10.1. The van der Waals surface area contributed by atoms with E-state index < -0.39 is 34.6 Å². The number of aromatic nitrogens is 2. The number of amides is 2. The Morgan fingerprint density at radius 3 is 2.17 bits per heavy atom. The number of carbonyl (C=O) groups is 2. The van der Waals surface area contributed by atoms with Gasteiger partial charge in [0.25, 0.3) is 17.4 Å². The SMILES string of the molecule is Cc1ccc(Sc2ccc3c(c2N=Nc2c(O)n(C)c(=O)n(C)c2=O)C(=O)N(CC(C)C)C3=O)cc1. The second kappa shape index (κ2) is 9.57. The number of imide groups is 1. The van der Waals surface area contributed by atoms with E-state index in [4.69, 9.17) is 0 Å². The van der Waals surface area contributed by atoms with Gasteiger partial charge in [0, 0.05) is 30.4 Å². The molecular weight excluding hydrogens is 482 g/mol. The van der Waals surface area contributed by atoms with Crippen LogP contribution in [0.25, 0.3) is 0 Å². The molecule has 1 aromatic heterocycles. The van der Waals surface area contributed by atoms with Crippen LogP contribution in [0.2, 0.25) is 0 Å². The lowest BCUT2D eigenvalue weighted by Gasteiger charge is -2.16. The Hall–Kier alpha value is -3.99. The van der Waals surface area contributed by atoms with Crippen LogP contribution in [-0.2, 0) is 14.1 Å². The third-order valence-corrected chi connectivity index (χ3v) is 6.79. The first kappa shape index (κ1) is 25.1. The molecule has 0 fully saturated rings. The zero-order valence-electron chi connectivity index (χ0n) is 20.5. The molecule has 0 atom stereocenters. The molecule has 0 saturated carbocycles. The molecule has 0 bridgehead atoms. The molecule has 2 heterocycles. The molecule has 3 aromatic rings. The minimum atomic E-state index is -0.844. The second-order valence-electron chi connectivity index (χ2n) is 8.94. The Labute approximate surface area is 210 Å². The highest BCUT2D eigenvalue weighted by molar-refractivity contribution is 7.99. The lowest BCUT2D eigenvalue weighted by molar-refractivity contribution is 0.0636. The van der Waals surface area contributed by atoms with Crippen LogP contribution in [0.5, 0.6) is 5.88 Å². The van der Waals surface area contributed by atoms with Gasteiger partial charge in [-0.2, -0.15) is 0 Å². The van der Waals surface area contributed by atoms with Gasteiger partial charge in [-0.3, -0.25) is 28.4 Å². The molecule has 1 aliphatic rings. The van der Waals surface area contributed by atoms with Gasteiger partial charge in [0.1, 0.15) is 5.69 Å². The maximum Gasteiger partial charge on any atom is 0.333 e. The molecule has 1 N–H and O–H groups in total. The summed E-state index contributed by atoms with van der Waals surface area (Å²) in [6.07, 6.45) is 0. The summed E-state index contributed by atoms with van der Waals surface area (Å²) in [7, 11) is 2.55. The minimum absolute atomic E-state index is 0.0595. The van der Waals surface area contributed by atoms with Crippen molar-refractivity contribution in [3.8, 4) is 5.88 Å². The molecule has 2 aromatic carbocycles.